The van der Waals surface area contributed by atoms with Crippen molar-refractivity contribution in [3.8, 4) is 0 Å². The maximum atomic E-state index is 10.4. The van der Waals surface area contributed by atoms with Crippen LogP contribution in [0, 0.1) is 15.5 Å². The van der Waals surface area contributed by atoms with Crippen molar-refractivity contribution in [1.82, 2.24) is 0 Å². The van der Waals surface area contributed by atoms with E-state index < -0.39 is 4.92 Å². The third-order valence-corrected chi connectivity index (χ3v) is 1.61. The highest BCUT2D eigenvalue weighted by Gasteiger charge is 2.08. The van der Waals surface area contributed by atoms with E-state index >= 15 is 0 Å². The Labute approximate surface area is 93.1 Å². The molecule has 82 valence electrons. The Hall–Kier alpha value is -1.62. The molecule has 0 aromatic heterocycles. The van der Waals surface area contributed by atoms with Crippen LogP contribution < -0.4 is 0 Å². The zero-order valence-electron chi connectivity index (χ0n) is 8.10. The Morgan fingerprint density at radius 1 is 1.60 bits per heavy atom. The summed E-state index contributed by atoms with van der Waals surface area (Å²) in [6, 6.07) is 5.83. The molecule has 0 amide bonds. The Kier molecular flexibility index (Phi) is 5.33. The second-order valence-electron chi connectivity index (χ2n) is 2.57. The predicted octanol–water partition coefficient (Wildman–Crippen LogP) is 2.38. The van der Waals surface area contributed by atoms with Gasteiger partial charge in [-0.05, 0) is 13.0 Å². The van der Waals surface area contributed by atoms with Gasteiger partial charge >= 0.3 is 0 Å². The topological polar surface area (TPSA) is 76.2 Å². The lowest BCUT2D eigenvalue weighted by Crippen LogP contribution is -2.04. The summed E-state index contributed by atoms with van der Waals surface area (Å²) in [5, 5.41) is 17.9. The van der Waals surface area contributed by atoms with Gasteiger partial charge in [0, 0.05) is 17.7 Å². The van der Waals surface area contributed by atoms with Crippen molar-refractivity contribution in [2.75, 3.05) is 6.61 Å². The van der Waals surface area contributed by atoms with Gasteiger partial charge in [-0.15, -0.1) is 12.4 Å². The number of benzene rings is 1. The summed E-state index contributed by atoms with van der Waals surface area (Å²) in [7, 11) is 0. The first kappa shape index (κ1) is 13.4. The zero-order chi connectivity index (χ0) is 10.6. The summed E-state index contributed by atoms with van der Waals surface area (Å²) >= 11 is 0. The van der Waals surface area contributed by atoms with Crippen molar-refractivity contribution in [3.05, 3.63) is 39.9 Å². The lowest BCUT2D eigenvalue weighted by atomic mass is 10.2. The number of nitro groups is 1. The SMILES string of the molecule is CCOC(=N)c1cccc([N+](=O)[O-])c1.Cl. The monoisotopic (exact) mass is 230 g/mol. The average molecular weight is 231 g/mol. The number of ether oxygens (including phenoxy) is 1. The second-order valence-corrected chi connectivity index (χ2v) is 2.57. The molecule has 0 unspecified atom stereocenters. The van der Waals surface area contributed by atoms with Gasteiger partial charge in [0.1, 0.15) is 0 Å². The molecule has 5 nitrogen and oxygen atoms in total. The van der Waals surface area contributed by atoms with Gasteiger partial charge in [0.2, 0.25) is 5.90 Å². The van der Waals surface area contributed by atoms with Crippen molar-refractivity contribution in [2.45, 2.75) is 6.92 Å². The third kappa shape index (κ3) is 3.55. The second kappa shape index (κ2) is 5.98. The molecule has 0 saturated heterocycles. The Morgan fingerprint density at radius 3 is 2.80 bits per heavy atom. The molecule has 0 atom stereocenters. The number of non-ortho nitro benzene ring substituents is 1. The van der Waals surface area contributed by atoms with Crippen LogP contribution in [-0.4, -0.2) is 17.4 Å². The molecule has 0 aliphatic heterocycles. The number of nitrogens with one attached hydrogen (secondary N) is 1. The van der Waals surface area contributed by atoms with E-state index in [-0.39, 0.29) is 24.0 Å². The summed E-state index contributed by atoms with van der Waals surface area (Å²) < 4.78 is 4.92. The highest BCUT2D eigenvalue weighted by Crippen LogP contribution is 2.13. The van der Waals surface area contributed by atoms with Gasteiger partial charge < -0.3 is 4.74 Å². The van der Waals surface area contributed by atoms with E-state index in [0.717, 1.165) is 0 Å². The molecule has 0 bridgehead atoms. The summed E-state index contributed by atoms with van der Waals surface area (Å²) in [6.07, 6.45) is 0. The molecular weight excluding hydrogens is 220 g/mol. The highest BCUT2D eigenvalue weighted by molar-refractivity contribution is 5.92. The van der Waals surface area contributed by atoms with Gasteiger partial charge in [0.05, 0.1) is 11.5 Å². The van der Waals surface area contributed by atoms with Crippen LogP contribution in [-0.2, 0) is 4.74 Å². The van der Waals surface area contributed by atoms with Crippen molar-refractivity contribution in [1.29, 1.82) is 5.41 Å². The molecule has 0 aliphatic carbocycles. The molecule has 0 saturated carbocycles. The lowest BCUT2D eigenvalue weighted by Gasteiger charge is -2.03. The molecule has 6 heteroatoms. The molecule has 0 aliphatic rings. The van der Waals surface area contributed by atoms with Gasteiger partial charge in [-0.2, -0.15) is 0 Å². The first-order valence-corrected chi connectivity index (χ1v) is 4.11. The number of hydrogen-bond donors (Lipinski definition) is 1. The largest absolute Gasteiger partial charge is 0.478 e. The summed E-state index contributed by atoms with van der Waals surface area (Å²) in [5.74, 6) is -0.0452. The summed E-state index contributed by atoms with van der Waals surface area (Å²) in [5.41, 5.74) is 0.382. The fourth-order valence-electron chi connectivity index (χ4n) is 0.988. The maximum absolute atomic E-state index is 10.4. The van der Waals surface area contributed by atoms with E-state index in [9.17, 15) is 10.1 Å². The fourth-order valence-corrected chi connectivity index (χ4v) is 0.988. The Bertz CT molecular complexity index is 368. The van der Waals surface area contributed by atoms with Crippen LogP contribution >= 0.6 is 12.4 Å². The zero-order valence-corrected chi connectivity index (χ0v) is 8.91. The number of nitro benzene ring substituents is 1. The van der Waals surface area contributed by atoms with Crippen molar-refractivity contribution in [2.24, 2.45) is 0 Å². The minimum atomic E-state index is -0.497. The molecule has 1 rings (SSSR count). The minimum Gasteiger partial charge on any atom is -0.478 e. The van der Waals surface area contributed by atoms with Crippen LogP contribution in [0.2, 0.25) is 0 Å². The summed E-state index contributed by atoms with van der Waals surface area (Å²) in [4.78, 5) is 9.93. The predicted molar refractivity (Wildman–Crippen MR) is 58.8 cm³/mol. The Morgan fingerprint density at radius 2 is 2.27 bits per heavy atom. The number of nitrogens with zero attached hydrogens (tertiary/aromatic N) is 1. The normalized spacial score (nSPS) is 8.87. The lowest BCUT2D eigenvalue weighted by molar-refractivity contribution is -0.384. The van der Waals surface area contributed by atoms with Crippen LogP contribution in [0.25, 0.3) is 0 Å². The molecule has 1 aromatic rings. The molecule has 0 heterocycles. The maximum Gasteiger partial charge on any atom is 0.270 e. The van der Waals surface area contributed by atoms with Crippen molar-refractivity contribution in [3.63, 3.8) is 0 Å². The first-order valence-electron chi connectivity index (χ1n) is 4.11. The first-order chi connectivity index (χ1) is 6.65. The van der Waals surface area contributed by atoms with E-state index in [1.807, 2.05) is 0 Å². The van der Waals surface area contributed by atoms with Crippen molar-refractivity contribution >= 4 is 24.0 Å². The van der Waals surface area contributed by atoms with Gasteiger partial charge in [-0.1, -0.05) is 6.07 Å². The van der Waals surface area contributed by atoms with Crippen LogP contribution in [0.5, 0.6) is 0 Å². The van der Waals surface area contributed by atoms with Gasteiger partial charge in [-0.3, -0.25) is 15.5 Å². The van der Waals surface area contributed by atoms with E-state index in [1.54, 1.807) is 13.0 Å². The quantitative estimate of drug-likeness (QED) is 0.375. The molecule has 1 N–H and O–H groups in total. The Balaban J connectivity index is 0.00000196. The molecule has 0 spiro atoms. The smallest absolute Gasteiger partial charge is 0.270 e. The molecular formula is C9H11ClN2O3. The summed E-state index contributed by atoms with van der Waals surface area (Å²) in [6.45, 7) is 2.13. The fraction of sp³-hybridized carbons (Fsp3) is 0.222. The van der Waals surface area contributed by atoms with E-state index in [2.05, 4.69) is 0 Å². The van der Waals surface area contributed by atoms with E-state index in [1.165, 1.54) is 18.2 Å². The molecule has 0 fully saturated rings. The highest BCUT2D eigenvalue weighted by atomic mass is 35.5. The standard InChI is InChI=1S/C9H10N2O3.ClH/c1-2-14-9(10)7-4-3-5-8(6-7)11(12)13;/h3-6,10H,2H2,1H3;1H. The molecule has 15 heavy (non-hydrogen) atoms. The van der Waals surface area contributed by atoms with Crippen LogP contribution in [0.4, 0.5) is 5.69 Å². The van der Waals surface area contributed by atoms with Crippen LogP contribution in [0.15, 0.2) is 24.3 Å². The van der Waals surface area contributed by atoms with E-state index in [4.69, 9.17) is 10.1 Å². The minimum absolute atomic E-state index is 0. The van der Waals surface area contributed by atoms with Crippen LogP contribution in [0.3, 0.4) is 0 Å². The average Bonchev–Trinajstić information content (AvgIpc) is 2.18. The molecule has 0 radical (unpaired) electrons. The van der Waals surface area contributed by atoms with Gasteiger partial charge in [0.15, 0.2) is 0 Å². The third-order valence-electron chi connectivity index (χ3n) is 1.61. The van der Waals surface area contributed by atoms with Gasteiger partial charge in [0.25, 0.3) is 5.69 Å². The number of rotatable bonds is 3. The number of halogens is 1. The van der Waals surface area contributed by atoms with Crippen LogP contribution in [0.1, 0.15) is 12.5 Å². The number of hydrogen-bond acceptors (Lipinski definition) is 4. The van der Waals surface area contributed by atoms with E-state index in [0.29, 0.717) is 12.2 Å². The molecule has 1 aromatic carbocycles. The van der Waals surface area contributed by atoms with Gasteiger partial charge in [-0.25, -0.2) is 0 Å². The van der Waals surface area contributed by atoms with Crippen molar-refractivity contribution < 1.29 is 9.66 Å².